The molecule has 0 saturated heterocycles. The summed E-state index contributed by atoms with van der Waals surface area (Å²) in [5.41, 5.74) is -0.388. The molecule has 0 radical (unpaired) electrons. The van der Waals surface area contributed by atoms with Crippen LogP contribution in [-0.2, 0) is 4.79 Å². The van der Waals surface area contributed by atoms with E-state index in [4.69, 9.17) is 0 Å². The topological polar surface area (TPSA) is 72.2 Å². The van der Waals surface area contributed by atoms with Crippen molar-refractivity contribution in [2.75, 3.05) is 11.1 Å². The highest BCUT2D eigenvalue weighted by atomic mass is 32.2. The number of nitrogens with zero attached hydrogens (tertiary/aromatic N) is 1. The van der Waals surface area contributed by atoms with Crippen molar-refractivity contribution < 1.29 is 14.1 Å². The third-order valence-electron chi connectivity index (χ3n) is 3.18. The SMILES string of the molecule is O=C(CSC1CCCC1)Nc1ccc(F)c([N+](=O)[O-])c1. The fourth-order valence-corrected chi connectivity index (χ4v) is 3.30. The first kappa shape index (κ1) is 14.8. The minimum atomic E-state index is -0.909. The largest absolute Gasteiger partial charge is 0.325 e. The van der Waals surface area contributed by atoms with Crippen molar-refractivity contribution in [1.29, 1.82) is 0 Å². The zero-order valence-electron chi connectivity index (χ0n) is 10.8. The summed E-state index contributed by atoms with van der Waals surface area (Å²) < 4.78 is 13.2. The molecular formula is C13H15FN2O3S. The maximum atomic E-state index is 13.2. The van der Waals surface area contributed by atoms with Crippen LogP contribution in [0.4, 0.5) is 15.8 Å². The molecule has 2 rings (SSSR count). The van der Waals surface area contributed by atoms with E-state index in [1.54, 1.807) is 11.8 Å². The number of carbonyl (C=O) groups excluding carboxylic acids is 1. The van der Waals surface area contributed by atoms with Crippen LogP contribution >= 0.6 is 11.8 Å². The number of carbonyl (C=O) groups is 1. The van der Waals surface area contributed by atoms with Gasteiger partial charge in [-0.25, -0.2) is 0 Å². The minimum absolute atomic E-state index is 0.220. The van der Waals surface area contributed by atoms with Crippen LogP contribution in [0.3, 0.4) is 0 Å². The molecule has 0 aromatic heterocycles. The number of hydrogen-bond donors (Lipinski definition) is 1. The van der Waals surface area contributed by atoms with Crippen LogP contribution < -0.4 is 5.32 Å². The van der Waals surface area contributed by atoms with Gasteiger partial charge in [0.15, 0.2) is 0 Å². The van der Waals surface area contributed by atoms with Crippen LogP contribution in [0.25, 0.3) is 0 Å². The number of rotatable bonds is 5. The van der Waals surface area contributed by atoms with E-state index in [-0.39, 0.29) is 11.6 Å². The molecule has 1 aliphatic rings. The summed E-state index contributed by atoms with van der Waals surface area (Å²) in [6.45, 7) is 0. The highest BCUT2D eigenvalue weighted by Gasteiger charge is 2.18. The van der Waals surface area contributed by atoms with E-state index in [1.807, 2.05) is 0 Å². The van der Waals surface area contributed by atoms with Gasteiger partial charge in [-0.2, -0.15) is 4.39 Å². The molecule has 0 aliphatic heterocycles. The summed E-state index contributed by atoms with van der Waals surface area (Å²) in [5.74, 6) is -0.813. The summed E-state index contributed by atoms with van der Waals surface area (Å²) in [5, 5.41) is 13.7. The molecule has 1 N–H and O–H groups in total. The normalized spacial score (nSPS) is 15.2. The summed E-state index contributed by atoms with van der Waals surface area (Å²) >= 11 is 1.61. The second kappa shape index (κ2) is 6.69. The summed E-state index contributed by atoms with van der Waals surface area (Å²) in [6.07, 6.45) is 4.70. The van der Waals surface area contributed by atoms with Crippen molar-refractivity contribution in [2.45, 2.75) is 30.9 Å². The lowest BCUT2D eigenvalue weighted by atomic mass is 10.2. The van der Waals surface area contributed by atoms with E-state index in [0.29, 0.717) is 11.0 Å². The predicted octanol–water partition coefficient (Wildman–Crippen LogP) is 3.35. The lowest BCUT2D eigenvalue weighted by Crippen LogP contribution is -2.16. The van der Waals surface area contributed by atoms with Crippen LogP contribution in [0.5, 0.6) is 0 Å². The molecule has 1 aromatic carbocycles. The summed E-state index contributed by atoms with van der Waals surface area (Å²) in [7, 11) is 0. The highest BCUT2D eigenvalue weighted by Crippen LogP contribution is 2.29. The smallest absolute Gasteiger partial charge is 0.306 e. The van der Waals surface area contributed by atoms with Gasteiger partial charge in [0.25, 0.3) is 0 Å². The molecule has 1 saturated carbocycles. The predicted molar refractivity (Wildman–Crippen MR) is 76.4 cm³/mol. The molecule has 0 bridgehead atoms. The molecule has 0 atom stereocenters. The first-order chi connectivity index (χ1) is 9.56. The van der Waals surface area contributed by atoms with Crippen LogP contribution in [0.2, 0.25) is 0 Å². The number of nitrogens with one attached hydrogen (secondary N) is 1. The summed E-state index contributed by atoms with van der Waals surface area (Å²) in [4.78, 5) is 21.5. The monoisotopic (exact) mass is 298 g/mol. The molecule has 108 valence electrons. The molecule has 0 unspecified atom stereocenters. The number of anilines is 1. The van der Waals surface area contributed by atoms with Gasteiger partial charge in [-0.05, 0) is 25.0 Å². The Kier molecular flexibility index (Phi) is 4.94. The van der Waals surface area contributed by atoms with Gasteiger partial charge >= 0.3 is 5.69 Å². The molecule has 20 heavy (non-hydrogen) atoms. The van der Waals surface area contributed by atoms with Crippen molar-refractivity contribution in [2.24, 2.45) is 0 Å². The Morgan fingerprint density at radius 1 is 1.45 bits per heavy atom. The number of thioether (sulfide) groups is 1. The van der Waals surface area contributed by atoms with E-state index < -0.39 is 16.4 Å². The summed E-state index contributed by atoms with van der Waals surface area (Å²) in [6, 6.07) is 3.34. The molecule has 1 aromatic rings. The van der Waals surface area contributed by atoms with Gasteiger partial charge in [-0.3, -0.25) is 14.9 Å². The fraction of sp³-hybridized carbons (Fsp3) is 0.462. The van der Waals surface area contributed by atoms with Crippen molar-refractivity contribution in [3.63, 3.8) is 0 Å². The zero-order valence-corrected chi connectivity index (χ0v) is 11.6. The standard InChI is InChI=1S/C13H15FN2O3S/c14-11-6-5-9(7-12(11)16(18)19)15-13(17)8-20-10-3-1-2-4-10/h5-7,10H,1-4,8H2,(H,15,17). The van der Waals surface area contributed by atoms with Crippen LogP contribution in [0.15, 0.2) is 18.2 Å². The van der Waals surface area contributed by atoms with Gasteiger partial charge in [-0.1, -0.05) is 12.8 Å². The third kappa shape index (κ3) is 3.93. The van der Waals surface area contributed by atoms with Crippen LogP contribution in [-0.4, -0.2) is 21.8 Å². The second-order valence-corrected chi connectivity index (χ2v) is 5.98. The Balaban J connectivity index is 1.90. The second-order valence-electron chi connectivity index (χ2n) is 4.69. The van der Waals surface area contributed by atoms with E-state index in [0.717, 1.165) is 25.0 Å². The number of nitro groups is 1. The van der Waals surface area contributed by atoms with Crippen molar-refractivity contribution >= 4 is 29.0 Å². The maximum Gasteiger partial charge on any atom is 0.306 e. The third-order valence-corrected chi connectivity index (χ3v) is 4.55. The van der Waals surface area contributed by atoms with E-state index in [9.17, 15) is 19.3 Å². The average molecular weight is 298 g/mol. The molecule has 0 spiro atoms. The van der Waals surface area contributed by atoms with Crippen LogP contribution in [0, 0.1) is 15.9 Å². The van der Waals surface area contributed by atoms with E-state index >= 15 is 0 Å². The number of halogens is 1. The van der Waals surface area contributed by atoms with Gasteiger partial charge < -0.3 is 5.32 Å². The lowest BCUT2D eigenvalue weighted by Gasteiger charge is -2.09. The van der Waals surface area contributed by atoms with Gasteiger partial charge in [0.1, 0.15) is 0 Å². The zero-order chi connectivity index (χ0) is 14.5. The van der Waals surface area contributed by atoms with Gasteiger partial charge in [-0.15, -0.1) is 11.8 Å². The molecule has 1 aliphatic carbocycles. The van der Waals surface area contributed by atoms with E-state index in [1.165, 1.54) is 18.9 Å². The lowest BCUT2D eigenvalue weighted by molar-refractivity contribution is -0.387. The van der Waals surface area contributed by atoms with Gasteiger partial charge in [0.2, 0.25) is 11.7 Å². The molecule has 5 nitrogen and oxygen atoms in total. The van der Waals surface area contributed by atoms with Crippen molar-refractivity contribution in [1.82, 2.24) is 0 Å². The Morgan fingerprint density at radius 2 is 2.15 bits per heavy atom. The molecule has 7 heteroatoms. The molecular weight excluding hydrogens is 283 g/mol. The Hall–Kier alpha value is -1.63. The highest BCUT2D eigenvalue weighted by molar-refractivity contribution is 8.00. The number of hydrogen-bond acceptors (Lipinski definition) is 4. The van der Waals surface area contributed by atoms with Crippen molar-refractivity contribution in [3.05, 3.63) is 34.1 Å². The quantitative estimate of drug-likeness (QED) is 0.668. The molecule has 0 heterocycles. The number of amides is 1. The van der Waals surface area contributed by atoms with E-state index in [2.05, 4.69) is 5.32 Å². The van der Waals surface area contributed by atoms with Gasteiger partial charge in [0.05, 0.1) is 10.7 Å². The molecule has 1 amide bonds. The van der Waals surface area contributed by atoms with Gasteiger partial charge in [0, 0.05) is 17.0 Å². The first-order valence-corrected chi connectivity index (χ1v) is 7.46. The number of benzene rings is 1. The Morgan fingerprint density at radius 3 is 2.80 bits per heavy atom. The Labute approximate surface area is 120 Å². The average Bonchev–Trinajstić information content (AvgIpc) is 2.91. The minimum Gasteiger partial charge on any atom is -0.325 e. The maximum absolute atomic E-state index is 13.2. The first-order valence-electron chi connectivity index (χ1n) is 6.41. The fourth-order valence-electron chi connectivity index (χ4n) is 2.18. The van der Waals surface area contributed by atoms with Crippen LogP contribution in [0.1, 0.15) is 25.7 Å². The Bertz CT molecular complexity index is 518. The molecule has 1 fully saturated rings. The van der Waals surface area contributed by atoms with Crippen molar-refractivity contribution in [3.8, 4) is 0 Å². The number of nitro benzene ring substituents is 1.